The van der Waals surface area contributed by atoms with Gasteiger partial charge in [-0.3, -0.25) is 0 Å². The van der Waals surface area contributed by atoms with E-state index in [0.29, 0.717) is 17.8 Å². The van der Waals surface area contributed by atoms with Crippen LogP contribution < -0.4 is 0 Å². The molecule has 0 saturated carbocycles. The maximum atomic E-state index is 11.0. The first-order valence-electron chi connectivity index (χ1n) is 6.04. The number of carbonyl (C=O) groups excluding carboxylic acids is 1. The molecule has 92 valence electrons. The van der Waals surface area contributed by atoms with Crippen LogP contribution in [-0.4, -0.2) is 6.29 Å². The van der Waals surface area contributed by atoms with Crippen LogP contribution in [0.2, 0.25) is 0 Å². The van der Waals surface area contributed by atoms with E-state index >= 15 is 0 Å². The minimum absolute atomic E-state index is 0.357. The first kappa shape index (κ1) is 15.2. The Hall–Kier alpha value is -0.850. The Balaban J connectivity index is 4.66. The molecule has 0 unspecified atom stereocenters. The van der Waals surface area contributed by atoms with Gasteiger partial charge in [0.2, 0.25) is 0 Å². The summed E-state index contributed by atoms with van der Waals surface area (Å²) in [5, 5.41) is 0. The lowest BCUT2D eigenvalue weighted by atomic mass is 9.72. The average Bonchev–Trinajstić information content (AvgIpc) is 2.26. The SMILES string of the molecule is C=CC[C@H](C)[C@H](C)[C@@H](C)C(=C)C(C)(C)C=O. The smallest absolute Gasteiger partial charge is 0.129 e. The normalized spacial score (nSPS) is 17.3. The van der Waals surface area contributed by atoms with Crippen molar-refractivity contribution in [2.45, 2.75) is 41.0 Å². The first-order chi connectivity index (χ1) is 7.27. The molecule has 0 aromatic rings. The van der Waals surface area contributed by atoms with Crippen LogP contribution in [0.15, 0.2) is 24.8 Å². The molecule has 0 amide bonds. The lowest BCUT2D eigenvalue weighted by Crippen LogP contribution is -2.26. The van der Waals surface area contributed by atoms with E-state index in [4.69, 9.17) is 0 Å². The molecule has 0 heterocycles. The van der Waals surface area contributed by atoms with Crippen LogP contribution in [-0.2, 0) is 4.79 Å². The molecule has 0 aromatic heterocycles. The van der Waals surface area contributed by atoms with Gasteiger partial charge < -0.3 is 4.79 Å². The lowest BCUT2D eigenvalue weighted by Gasteiger charge is -2.32. The van der Waals surface area contributed by atoms with E-state index in [1.807, 2.05) is 19.9 Å². The zero-order valence-corrected chi connectivity index (χ0v) is 11.4. The molecular formula is C15H26O. The zero-order chi connectivity index (χ0) is 12.9. The monoisotopic (exact) mass is 222 g/mol. The van der Waals surface area contributed by atoms with Gasteiger partial charge in [0.15, 0.2) is 0 Å². The van der Waals surface area contributed by atoms with Gasteiger partial charge in [0.1, 0.15) is 6.29 Å². The molecule has 0 aromatic carbocycles. The second kappa shape index (κ2) is 6.03. The summed E-state index contributed by atoms with van der Waals surface area (Å²) < 4.78 is 0. The summed E-state index contributed by atoms with van der Waals surface area (Å²) in [5.41, 5.74) is 0.618. The number of carbonyl (C=O) groups is 1. The molecule has 0 aliphatic heterocycles. The standard InChI is InChI=1S/C15H26O/c1-8-9-11(2)12(3)13(4)14(5)15(6,7)10-16/h8,10-13H,1,5,9H2,2-4,6-7H3/t11-,12-,13+/m0/s1. The fourth-order valence-electron chi connectivity index (χ4n) is 1.95. The molecule has 0 rings (SSSR count). The Labute approximate surface area is 101 Å². The second-order valence-corrected chi connectivity index (χ2v) is 5.51. The molecule has 0 N–H and O–H groups in total. The Bertz CT molecular complexity index is 263. The van der Waals surface area contributed by atoms with E-state index in [9.17, 15) is 4.79 Å². The highest BCUT2D eigenvalue weighted by atomic mass is 16.1. The Morgan fingerprint density at radius 2 is 1.81 bits per heavy atom. The van der Waals surface area contributed by atoms with Gasteiger partial charge in [-0.15, -0.1) is 6.58 Å². The summed E-state index contributed by atoms with van der Waals surface area (Å²) in [6, 6.07) is 0. The number of rotatable bonds is 7. The molecule has 0 spiro atoms. The first-order valence-corrected chi connectivity index (χ1v) is 6.04. The molecule has 0 fully saturated rings. The maximum absolute atomic E-state index is 11.0. The summed E-state index contributed by atoms with van der Waals surface area (Å²) in [6.45, 7) is 18.4. The molecule has 0 radical (unpaired) electrons. The minimum atomic E-state index is -0.415. The van der Waals surface area contributed by atoms with Crippen molar-refractivity contribution in [1.82, 2.24) is 0 Å². The predicted octanol–water partition coefficient (Wildman–Crippen LogP) is 4.25. The molecule has 16 heavy (non-hydrogen) atoms. The van der Waals surface area contributed by atoms with Gasteiger partial charge in [0.05, 0.1) is 0 Å². The van der Waals surface area contributed by atoms with E-state index in [-0.39, 0.29) is 0 Å². The van der Waals surface area contributed by atoms with Gasteiger partial charge in [-0.05, 0) is 38.0 Å². The average molecular weight is 222 g/mol. The third-order valence-corrected chi connectivity index (χ3v) is 3.90. The fourth-order valence-corrected chi connectivity index (χ4v) is 1.95. The van der Waals surface area contributed by atoms with Crippen LogP contribution in [0.1, 0.15) is 41.0 Å². The quantitative estimate of drug-likeness (QED) is 0.465. The van der Waals surface area contributed by atoms with Gasteiger partial charge in [-0.1, -0.05) is 39.0 Å². The van der Waals surface area contributed by atoms with Crippen molar-refractivity contribution in [3.8, 4) is 0 Å². The Morgan fingerprint density at radius 1 is 1.31 bits per heavy atom. The molecule has 0 saturated heterocycles. The van der Waals surface area contributed by atoms with Gasteiger partial charge in [0, 0.05) is 5.41 Å². The van der Waals surface area contributed by atoms with Gasteiger partial charge in [0.25, 0.3) is 0 Å². The zero-order valence-electron chi connectivity index (χ0n) is 11.4. The van der Waals surface area contributed by atoms with E-state index in [1.54, 1.807) is 0 Å². The minimum Gasteiger partial charge on any atom is -0.302 e. The molecular weight excluding hydrogens is 196 g/mol. The van der Waals surface area contributed by atoms with E-state index in [1.165, 1.54) is 0 Å². The van der Waals surface area contributed by atoms with Gasteiger partial charge >= 0.3 is 0 Å². The summed E-state index contributed by atoms with van der Waals surface area (Å²) in [4.78, 5) is 11.0. The molecule has 0 bridgehead atoms. The predicted molar refractivity (Wildman–Crippen MR) is 71.3 cm³/mol. The van der Waals surface area contributed by atoms with Crippen molar-refractivity contribution in [2.24, 2.45) is 23.2 Å². The Morgan fingerprint density at radius 3 is 2.19 bits per heavy atom. The van der Waals surface area contributed by atoms with Gasteiger partial charge in [-0.25, -0.2) is 0 Å². The fraction of sp³-hybridized carbons (Fsp3) is 0.667. The highest BCUT2D eigenvalue weighted by molar-refractivity contribution is 5.63. The number of hydrogen-bond acceptors (Lipinski definition) is 1. The van der Waals surface area contributed by atoms with Crippen molar-refractivity contribution < 1.29 is 4.79 Å². The molecule has 0 aliphatic rings. The third kappa shape index (κ3) is 3.62. The number of aldehydes is 1. The summed E-state index contributed by atoms with van der Waals surface area (Å²) in [7, 11) is 0. The summed E-state index contributed by atoms with van der Waals surface area (Å²) in [6.07, 6.45) is 3.97. The van der Waals surface area contributed by atoms with Crippen molar-refractivity contribution >= 4 is 6.29 Å². The van der Waals surface area contributed by atoms with Crippen molar-refractivity contribution in [2.75, 3.05) is 0 Å². The van der Waals surface area contributed by atoms with Crippen molar-refractivity contribution in [1.29, 1.82) is 0 Å². The maximum Gasteiger partial charge on any atom is 0.129 e. The molecule has 1 nitrogen and oxygen atoms in total. The van der Waals surface area contributed by atoms with Gasteiger partial charge in [-0.2, -0.15) is 0 Å². The highest BCUT2D eigenvalue weighted by Crippen LogP contribution is 2.36. The third-order valence-electron chi connectivity index (χ3n) is 3.90. The summed E-state index contributed by atoms with van der Waals surface area (Å²) in [5.74, 6) is 1.45. The van der Waals surface area contributed by atoms with Crippen LogP contribution in [0, 0.1) is 23.2 Å². The largest absolute Gasteiger partial charge is 0.302 e. The van der Waals surface area contributed by atoms with Crippen molar-refractivity contribution in [3.05, 3.63) is 24.8 Å². The van der Waals surface area contributed by atoms with Crippen LogP contribution in [0.4, 0.5) is 0 Å². The lowest BCUT2D eigenvalue weighted by molar-refractivity contribution is -0.113. The highest BCUT2D eigenvalue weighted by Gasteiger charge is 2.29. The van der Waals surface area contributed by atoms with Crippen molar-refractivity contribution in [3.63, 3.8) is 0 Å². The number of allylic oxidation sites excluding steroid dienone is 2. The summed E-state index contributed by atoms with van der Waals surface area (Å²) >= 11 is 0. The topological polar surface area (TPSA) is 17.1 Å². The second-order valence-electron chi connectivity index (χ2n) is 5.51. The van der Waals surface area contributed by atoms with E-state index in [0.717, 1.165) is 18.3 Å². The van der Waals surface area contributed by atoms with Crippen LogP contribution in [0.5, 0.6) is 0 Å². The van der Waals surface area contributed by atoms with E-state index < -0.39 is 5.41 Å². The molecule has 0 aliphatic carbocycles. The van der Waals surface area contributed by atoms with Crippen LogP contribution in [0.3, 0.4) is 0 Å². The van der Waals surface area contributed by atoms with Crippen LogP contribution >= 0.6 is 0 Å². The Kier molecular flexibility index (Phi) is 5.71. The molecule has 3 atom stereocenters. The molecule has 1 heteroatoms. The van der Waals surface area contributed by atoms with Crippen LogP contribution in [0.25, 0.3) is 0 Å². The van der Waals surface area contributed by atoms with E-state index in [2.05, 4.69) is 33.9 Å². The number of hydrogen-bond donors (Lipinski definition) is 0.